The highest BCUT2D eigenvalue weighted by Crippen LogP contribution is 2.24. The summed E-state index contributed by atoms with van der Waals surface area (Å²) in [6, 6.07) is 38.1. The molecule has 10 nitrogen and oxygen atoms in total. The lowest BCUT2D eigenvalue weighted by Crippen LogP contribution is -2.30. The lowest BCUT2D eigenvalue weighted by molar-refractivity contribution is 0.0470. The molecule has 0 radical (unpaired) electrons. The highest BCUT2D eigenvalue weighted by atomic mass is 16.5. The van der Waals surface area contributed by atoms with Crippen LogP contribution in [0.4, 0.5) is 0 Å². The van der Waals surface area contributed by atoms with Gasteiger partial charge in [0.1, 0.15) is 31.3 Å². The van der Waals surface area contributed by atoms with Gasteiger partial charge in [-0.25, -0.2) is 9.59 Å². The van der Waals surface area contributed by atoms with Crippen molar-refractivity contribution >= 4 is 45.3 Å². The highest BCUT2D eigenvalue weighted by molar-refractivity contribution is 5.97. The van der Waals surface area contributed by atoms with E-state index in [-0.39, 0.29) is 24.4 Å². The molecule has 0 atom stereocenters. The number of rotatable bonds is 16. The molecule has 6 aromatic carbocycles. The topological polar surface area (TPSA) is 112 Å². The second kappa shape index (κ2) is 18.6. The lowest BCUT2D eigenvalue weighted by atomic mass is 10.1. The second-order valence-electron chi connectivity index (χ2n) is 13.4. The Hall–Kier alpha value is -6.68. The van der Waals surface area contributed by atoms with Gasteiger partial charge in [0.25, 0.3) is 11.8 Å². The molecule has 286 valence electrons. The van der Waals surface area contributed by atoms with Crippen LogP contribution in [0, 0.1) is 0 Å². The summed E-state index contributed by atoms with van der Waals surface area (Å²) in [5, 5.41) is 3.59. The quantitative estimate of drug-likeness (QED) is 0.0910. The zero-order chi connectivity index (χ0) is 39.4. The van der Waals surface area contributed by atoms with Crippen molar-refractivity contribution in [2.75, 3.05) is 47.0 Å². The third-order valence-corrected chi connectivity index (χ3v) is 9.21. The molecule has 0 bridgehead atoms. The van der Waals surface area contributed by atoms with E-state index < -0.39 is 5.97 Å². The molecule has 0 heterocycles. The second-order valence-corrected chi connectivity index (χ2v) is 13.4. The fraction of sp³-hybridized carbons (Fsp3) is 0.217. The van der Waals surface area contributed by atoms with Gasteiger partial charge in [-0.1, -0.05) is 61.5 Å². The summed E-state index contributed by atoms with van der Waals surface area (Å²) in [6.45, 7) is 3.82. The molecule has 0 aliphatic carbocycles. The van der Waals surface area contributed by atoms with E-state index in [9.17, 15) is 19.2 Å². The summed E-state index contributed by atoms with van der Waals surface area (Å²) in [5.74, 6) is 0.313. The zero-order valence-corrected chi connectivity index (χ0v) is 31.7. The molecule has 6 rings (SSSR count). The van der Waals surface area contributed by atoms with Gasteiger partial charge in [-0.05, 0) is 106 Å². The third-order valence-electron chi connectivity index (χ3n) is 9.21. The van der Waals surface area contributed by atoms with Gasteiger partial charge >= 0.3 is 11.9 Å². The molecule has 0 aromatic heterocycles. The predicted molar refractivity (Wildman–Crippen MR) is 215 cm³/mol. The van der Waals surface area contributed by atoms with Gasteiger partial charge in [0.15, 0.2) is 0 Å². The number of amides is 2. The van der Waals surface area contributed by atoms with Gasteiger partial charge in [-0.15, -0.1) is 0 Å². The van der Waals surface area contributed by atoms with E-state index in [1.165, 1.54) is 0 Å². The minimum atomic E-state index is -0.457. The van der Waals surface area contributed by atoms with Crippen LogP contribution in [0.15, 0.2) is 127 Å². The number of hydrogen-bond donors (Lipinski definition) is 0. The number of hydrogen-bond acceptors (Lipinski definition) is 8. The van der Waals surface area contributed by atoms with Gasteiger partial charge in [0.2, 0.25) is 0 Å². The van der Waals surface area contributed by atoms with Crippen LogP contribution in [-0.4, -0.2) is 80.6 Å². The van der Waals surface area contributed by atoms with E-state index in [0.717, 1.165) is 33.5 Å². The predicted octanol–water partition coefficient (Wildman–Crippen LogP) is 8.22. The first-order chi connectivity index (χ1) is 27.2. The van der Waals surface area contributed by atoms with Crippen molar-refractivity contribution in [1.82, 2.24) is 9.80 Å². The normalized spacial score (nSPS) is 10.8. The Morgan fingerprint density at radius 3 is 1.45 bits per heavy atom. The summed E-state index contributed by atoms with van der Waals surface area (Å²) < 4.78 is 22.7. The first-order valence-electron chi connectivity index (χ1n) is 18.5. The average molecular weight is 753 g/mol. The Morgan fingerprint density at radius 2 is 0.929 bits per heavy atom. The molecular formula is C46H44N2O8. The smallest absolute Gasteiger partial charge is 0.338 e. The zero-order valence-electron chi connectivity index (χ0n) is 31.7. The molecular weight excluding hydrogens is 709 g/mol. The molecule has 0 saturated heterocycles. The van der Waals surface area contributed by atoms with E-state index >= 15 is 0 Å². The minimum Gasteiger partial charge on any atom is -0.492 e. The van der Waals surface area contributed by atoms with Crippen molar-refractivity contribution in [2.24, 2.45) is 0 Å². The Morgan fingerprint density at radius 1 is 0.482 bits per heavy atom. The minimum absolute atomic E-state index is 0.0546. The van der Waals surface area contributed by atoms with E-state index in [0.29, 0.717) is 66.7 Å². The SMILES string of the molecule is CCCOC(=O)c1ccc2cc(OCCN(C)C(=O)c3ccc(COC(=O)c4ccc5cc(OCCN(C)C(=O)c6ccccc6)ccc5c4)cc3)ccc2c1. The van der Waals surface area contributed by atoms with Gasteiger partial charge in [0.05, 0.1) is 30.8 Å². The number of ether oxygens (including phenoxy) is 4. The van der Waals surface area contributed by atoms with E-state index in [4.69, 9.17) is 18.9 Å². The number of carbonyl (C=O) groups is 4. The number of fused-ring (bicyclic) bond motifs is 2. The van der Waals surface area contributed by atoms with Crippen LogP contribution in [0.3, 0.4) is 0 Å². The molecule has 0 spiro atoms. The maximum atomic E-state index is 13.1. The van der Waals surface area contributed by atoms with Crippen molar-refractivity contribution in [3.05, 3.63) is 155 Å². The summed E-state index contributed by atoms with van der Waals surface area (Å²) in [5.41, 5.74) is 2.82. The first kappa shape index (κ1) is 39.0. The molecule has 0 N–H and O–H groups in total. The van der Waals surface area contributed by atoms with Crippen molar-refractivity contribution in [3.8, 4) is 11.5 Å². The Bertz CT molecular complexity index is 2320. The van der Waals surface area contributed by atoms with Crippen LogP contribution < -0.4 is 9.47 Å². The van der Waals surface area contributed by atoms with E-state index in [2.05, 4.69) is 0 Å². The molecule has 0 aliphatic rings. The van der Waals surface area contributed by atoms with Crippen LogP contribution in [0.2, 0.25) is 0 Å². The third kappa shape index (κ3) is 10.1. The monoisotopic (exact) mass is 752 g/mol. The first-order valence-corrected chi connectivity index (χ1v) is 18.5. The summed E-state index contributed by atoms with van der Waals surface area (Å²) in [6.07, 6.45) is 0.767. The van der Waals surface area contributed by atoms with Crippen molar-refractivity contribution < 1.29 is 38.1 Å². The van der Waals surface area contributed by atoms with E-state index in [1.807, 2.05) is 73.7 Å². The summed E-state index contributed by atoms with van der Waals surface area (Å²) >= 11 is 0. The highest BCUT2D eigenvalue weighted by Gasteiger charge is 2.15. The number of esters is 2. The average Bonchev–Trinajstić information content (AvgIpc) is 3.24. The fourth-order valence-electron chi connectivity index (χ4n) is 5.96. The van der Waals surface area contributed by atoms with Crippen molar-refractivity contribution in [1.29, 1.82) is 0 Å². The summed E-state index contributed by atoms with van der Waals surface area (Å²) in [4.78, 5) is 54.0. The Kier molecular flexibility index (Phi) is 12.9. The molecule has 0 saturated carbocycles. The standard InChI is InChI=1S/C46H44N2O8/c1-4-24-55-45(51)39-16-14-37-29-41(20-18-35(37)27-39)54-26-23-48(3)44(50)34-12-10-32(11-13-34)31-56-46(52)40-17-15-38-30-42(21-19-36(38)28-40)53-25-22-47(2)43(49)33-8-6-5-7-9-33/h5-21,27-30H,4,22-26,31H2,1-3H3. The molecule has 10 heteroatoms. The maximum absolute atomic E-state index is 13.1. The van der Waals surface area contributed by atoms with Gasteiger partial charge < -0.3 is 28.7 Å². The Labute approximate surface area is 326 Å². The largest absolute Gasteiger partial charge is 0.492 e. The molecule has 2 amide bonds. The Balaban J connectivity index is 0.935. The van der Waals surface area contributed by atoms with Gasteiger partial charge in [-0.2, -0.15) is 0 Å². The van der Waals surface area contributed by atoms with Crippen LogP contribution in [-0.2, 0) is 16.1 Å². The lowest BCUT2D eigenvalue weighted by Gasteiger charge is -2.18. The van der Waals surface area contributed by atoms with E-state index in [1.54, 1.807) is 84.6 Å². The summed E-state index contributed by atoms with van der Waals surface area (Å²) in [7, 11) is 3.46. The number of benzene rings is 6. The fourth-order valence-corrected chi connectivity index (χ4v) is 5.96. The maximum Gasteiger partial charge on any atom is 0.338 e. The molecule has 0 unspecified atom stereocenters. The van der Waals surface area contributed by atoms with Crippen LogP contribution in [0.5, 0.6) is 11.5 Å². The molecule has 0 fully saturated rings. The van der Waals surface area contributed by atoms with Crippen LogP contribution in [0.1, 0.15) is 60.3 Å². The molecule has 6 aromatic rings. The number of likely N-dealkylation sites (N-methyl/N-ethyl adjacent to an activating group) is 2. The number of nitrogens with zero attached hydrogens (tertiary/aromatic N) is 2. The van der Waals surface area contributed by atoms with Crippen LogP contribution in [0.25, 0.3) is 21.5 Å². The van der Waals surface area contributed by atoms with Crippen molar-refractivity contribution in [2.45, 2.75) is 20.0 Å². The van der Waals surface area contributed by atoms with Crippen molar-refractivity contribution in [3.63, 3.8) is 0 Å². The van der Waals surface area contributed by atoms with Crippen LogP contribution >= 0.6 is 0 Å². The number of carbonyl (C=O) groups excluding carboxylic acids is 4. The van der Waals surface area contributed by atoms with Gasteiger partial charge in [0, 0.05) is 25.2 Å². The molecule has 0 aliphatic heterocycles. The molecule has 56 heavy (non-hydrogen) atoms. The van der Waals surface area contributed by atoms with Gasteiger partial charge in [-0.3, -0.25) is 9.59 Å².